The minimum absolute atomic E-state index is 0.122. The zero-order chi connectivity index (χ0) is 25.1. The molecule has 4 aromatic carbocycles. The number of fused-ring (bicyclic) bond motifs is 2. The number of nitrogens with one attached hydrogen (secondary N) is 2. The standard InChI is InChI=1S/C28H20F3N3O2/c29-28(30,31)22-9-5-18(6-10-22)17-36-26-12-8-21(23-3-1-2-4-24(23)26)16-33-34-27(35)20-7-11-25-19(15-20)13-14-32-25/h1-16,32H,17H2,(H,34,35)/b33-16+. The monoisotopic (exact) mass is 487 g/mol. The van der Waals surface area contributed by atoms with Crippen molar-refractivity contribution in [3.8, 4) is 5.75 Å². The van der Waals surface area contributed by atoms with Crippen molar-refractivity contribution in [1.29, 1.82) is 0 Å². The van der Waals surface area contributed by atoms with E-state index >= 15 is 0 Å². The normalized spacial score (nSPS) is 11.9. The van der Waals surface area contributed by atoms with Crippen molar-refractivity contribution in [2.24, 2.45) is 5.10 Å². The number of carbonyl (C=O) groups excluding carboxylic acids is 1. The van der Waals surface area contributed by atoms with Gasteiger partial charge in [0, 0.05) is 33.6 Å². The van der Waals surface area contributed by atoms with Crippen molar-refractivity contribution in [3.63, 3.8) is 0 Å². The first-order valence-electron chi connectivity index (χ1n) is 11.1. The van der Waals surface area contributed by atoms with Crippen LogP contribution in [0, 0.1) is 0 Å². The molecule has 0 saturated heterocycles. The summed E-state index contributed by atoms with van der Waals surface area (Å²) < 4.78 is 44.3. The van der Waals surface area contributed by atoms with Gasteiger partial charge in [0.25, 0.3) is 5.91 Å². The fourth-order valence-electron chi connectivity index (χ4n) is 3.90. The van der Waals surface area contributed by atoms with Crippen LogP contribution in [0.5, 0.6) is 5.75 Å². The number of aromatic amines is 1. The Bertz CT molecular complexity index is 1570. The topological polar surface area (TPSA) is 66.5 Å². The molecule has 5 aromatic rings. The smallest absolute Gasteiger partial charge is 0.416 e. The highest BCUT2D eigenvalue weighted by molar-refractivity contribution is 6.03. The first-order valence-corrected chi connectivity index (χ1v) is 11.1. The Labute approximate surface area is 204 Å². The largest absolute Gasteiger partial charge is 0.488 e. The number of aromatic nitrogens is 1. The van der Waals surface area contributed by atoms with Gasteiger partial charge in [-0.15, -0.1) is 0 Å². The lowest BCUT2D eigenvalue weighted by Crippen LogP contribution is -2.17. The van der Waals surface area contributed by atoms with Crippen molar-refractivity contribution in [3.05, 3.63) is 113 Å². The number of amides is 1. The molecule has 0 bridgehead atoms. The summed E-state index contributed by atoms with van der Waals surface area (Å²) in [6.07, 6.45) is -0.996. The molecule has 0 atom stereocenters. The molecule has 5 rings (SSSR count). The van der Waals surface area contributed by atoms with Gasteiger partial charge in [-0.2, -0.15) is 18.3 Å². The molecule has 1 aromatic heterocycles. The van der Waals surface area contributed by atoms with Crippen molar-refractivity contribution >= 4 is 33.8 Å². The quantitative estimate of drug-likeness (QED) is 0.207. The lowest BCUT2D eigenvalue weighted by atomic mass is 10.0. The van der Waals surface area contributed by atoms with E-state index in [2.05, 4.69) is 15.5 Å². The molecule has 1 amide bonds. The van der Waals surface area contributed by atoms with E-state index in [1.165, 1.54) is 12.1 Å². The number of nitrogens with zero attached hydrogens (tertiary/aromatic N) is 1. The maximum Gasteiger partial charge on any atom is 0.416 e. The van der Waals surface area contributed by atoms with Crippen LogP contribution < -0.4 is 10.2 Å². The third-order valence-corrected chi connectivity index (χ3v) is 5.78. The van der Waals surface area contributed by atoms with Gasteiger partial charge >= 0.3 is 6.18 Å². The number of hydrogen-bond donors (Lipinski definition) is 2. The van der Waals surface area contributed by atoms with Crippen LogP contribution in [0.2, 0.25) is 0 Å². The molecule has 0 spiro atoms. The van der Waals surface area contributed by atoms with E-state index in [0.717, 1.165) is 39.4 Å². The van der Waals surface area contributed by atoms with Crippen molar-refractivity contribution in [2.45, 2.75) is 12.8 Å². The zero-order valence-corrected chi connectivity index (χ0v) is 18.8. The summed E-state index contributed by atoms with van der Waals surface area (Å²) in [5.74, 6) is 0.265. The summed E-state index contributed by atoms with van der Waals surface area (Å²) in [6.45, 7) is 0.122. The molecule has 0 radical (unpaired) electrons. The third kappa shape index (κ3) is 4.93. The average molecular weight is 487 g/mol. The molecule has 5 nitrogen and oxygen atoms in total. The molecule has 0 aliphatic carbocycles. The summed E-state index contributed by atoms with van der Waals surface area (Å²) in [7, 11) is 0. The number of alkyl halides is 3. The molecule has 0 saturated carbocycles. The highest BCUT2D eigenvalue weighted by atomic mass is 19.4. The first kappa shape index (κ1) is 23.2. The molecule has 8 heteroatoms. The van der Waals surface area contributed by atoms with E-state index in [1.807, 2.05) is 48.7 Å². The Kier molecular flexibility index (Phi) is 6.16. The fraction of sp³-hybridized carbons (Fsp3) is 0.0714. The Balaban J connectivity index is 1.30. The lowest BCUT2D eigenvalue weighted by Gasteiger charge is -2.12. The third-order valence-electron chi connectivity index (χ3n) is 5.78. The molecule has 180 valence electrons. The fourth-order valence-corrected chi connectivity index (χ4v) is 3.90. The second-order valence-electron chi connectivity index (χ2n) is 8.16. The maximum absolute atomic E-state index is 12.8. The van der Waals surface area contributed by atoms with Crippen molar-refractivity contribution in [1.82, 2.24) is 10.4 Å². The number of ether oxygens (including phenoxy) is 1. The van der Waals surface area contributed by atoms with Gasteiger partial charge in [0.05, 0.1) is 11.8 Å². The number of rotatable bonds is 6. The van der Waals surface area contributed by atoms with Crippen LogP contribution >= 0.6 is 0 Å². The Morgan fingerprint density at radius 2 is 1.72 bits per heavy atom. The molecule has 0 aliphatic heterocycles. The van der Waals surface area contributed by atoms with Crippen LogP contribution in [0.3, 0.4) is 0 Å². The minimum atomic E-state index is -4.37. The first-order chi connectivity index (χ1) is 17.4. The molecule has 2 N–H and O–H groups in total. The van der Waals surface area contributed by atoms with Crippen molar-refractivity contribution in [2.75, 3.05) is 0 Å². The minimum Gasteiger partial charge on any atom is -0.488 e. The van der Waals surface area contributed by atoms with Gasteiger partial charge in [-0.05, 0) is 59.5 Å². The van der Waals surface area contributed by atoms with Crippen molar-refractivity contribution < 1.29 is 22.7 Å². The number of hydrazone groups is 1. The molecule has 1 heterocycles. The van der Waals surface area contributed by atoms with Gasteiger partial charge in [0.15, 0.2) is 0 Å². The predicted molar refractivity (Wildman–Crippen MR) is 133 cm³/mol. The van der Waals surface area contributed by atoms with Gasteiger partial charge in [-0.1, -0.05) is 36.4 Å². The molecule has 0 aliphatic rings. The molecular formula is C28H20F3N3O2. The van der Waals surface area contributed by atoms with Crippen LogP contribution in [0.4, 0.5) is 13.2 Å². The summed E-state index contributed by atoms with van der Waals surface area (Å²) in [6, 6.07) is 23.3. The van der Waals surface area contributed by atoms with Gasteiger partial charge in [0.1, 0.15) is 12.4 Å². The van der Waals surface area contributed by atoms with E-state index in [4.69, 9.17) is 4.74 Å². The van der Waals surface area contributed by atoms with E-state index in [0.29, 0.717) is 16.9 Å². The number of halogens is 3. The highest BCUT2D eigenvalue weighted by Crippen LogP contribution is 2.31. The van der Waals surface area contributed by atoms with Gasteiger partial charge < -0.3 is 9.72 Å². The molecular weight excluding hydrogens is 467 g/mol. The Hall–Kier alpha value is -4.59. The predicted octanol–water partition coefficient (Wildman–Crippen LogP) is 6.68. The van der Waals surface area contributed by atoms with Crippen LogP contribution in [-0.4, -0.2) is 17.1 Å². The maximum atomic E-state index is 12.8. The van der Waals surface area contributed by atoms with E-state index < -0.39 is 11.7 Å². The molecule has 0 fully saturated rings. The number of hydrogen-bond acceptors (Lipinski definition) is 3. The van der Waals surface area contributed by atoms with E-state index in [9.17, 15) is 18.0 Å². The number of carbonyl (C=O) groups is 1. The van der Waals surface area contributed by atoms with Crippen LogP contribution in [0.15, 0.2) is 96.2 Å². The molecule has 36 heavy (non-hydrogen) atoms. The second-order valence-corrected chi connectivity index (χ2v) is 8.16. The van der Waals surface area contributed by atoms with Gasteiger partial charge in [0.2, 0.25) is 0 Å². The van der Waals surface area contributed by atoms with Crippen LogP contribution in [-0.2, 0) is 12.8 Å². The molecule has 0 unspecified atom stereocenters. The van der Waals surface area contributed by atoms with Gasteiger partial charge in [-0.3, -0.25) is 4.79 Å². The van der Waals surface area contributed by atoms with Gasteiger partial charge in [-0.25, -0.2) is 5.43 Å². The Morgan fingerprint density at radius 3 is 2.50 bits per heavy atom. The summed E-state index contributed by atoms with van der Waals surface area (Å²) in [5.41, 5.74) is 4.70. The number of H-pyrrole nitrogens is 1. The zero-order valence-electron chi connectivity index (χ0n) is 18.8. The van der Waals surface area contributed by atoms with Crippen LogP contribution in [0.1, 0.15) is 27.0 Å². The lowest BCUT2D eigenvalue weighted by molar-refractivity contribution is -0.137. The second kappa shape index (κ2) is 9.58. The summed E-state index contributed by atoms with van der Waals surface area (Å²) in [4.78, 5) is 15.6. The SMILES string of the molecule is O=C(N/N=C/c1ccc(OCc2ccc(C(F)(F)F)cc2)c2ccccc12)c1ccc2[nH]ccc2c1. The summed E-state index contributed by atoms with van der Waals surface area (Å²) >= 11 is 0. The van der Waals surface area contributed by atoms with Crippen LogP contribution in [0.25, 0.3) is 21.7 Å². The summed E-state index contributed by atoms with van der Waals surface area (Å²) in [5, 5.41) is 6.73. The number of benzene rings is 4. The average Bonchev–Trinajstić information content (AvgIpc) is 3.36. The van der Waals surface area contributed by atoms with E-state index in [1.54, 1.807) is 24.4 Å². The van der Waals surface area contributed by atoms with E-state index in [-0.39, 0.29) is 12.5 Å². The highest BCUT2D eigenvalue weighted by Gasteiger charge is 2.29. The Morgan fingerprint density at radius 1 is 0.944 bits per heavy atom.